The summed E-state index contributed by atoms with van der Waals surface area (Å²) in [6.45, 7) is 0.925. The lowest BCUT2D eigenvalue weighted by Gasteiger charge is -2.05. The van der Waals surface area contributed by atoms with Gasteiger partial charge in [-0.3, -0.25) is 0 Å². The highest BCUT2D eigenvalue weighted by Gasteiger charge is 2.15. The van der Waals surface area contributed by atoms with Gasteiger partial charge in [0.05, 0.1) is 0 Å². The van der Waals surface area contributed by atoms with Crippen molar-refractivity contribution >= 4 is 21.4 Å². The molecule has 0 radical (unpaired) electrons. The van der Waals surface area contributed by atoms with Crippen molar-refractivity contribution in [2.75, 3.05) is 13.6 Å². The number of thiophene rings is 1. The van der Waals surface area contributed by atoms with E-state index in [0.717, 1.165) is 11.1 Å². The van der Waals surface area contributed by atoms with Gasteiger partial charge in [-0.05, 0) is 48.2 Å². The lowest BCUT2D eigenvalue weighted by Crippen LogP contribution is -2.25. The molecule has 0 saturated carbocycles. The van der Waals surface area contributed by atoms with E-state index in [-0.39, 0.29) is 12.4 Å². The molecule has 1 heterocycles. The maximum Gasteiger partial charge on any atom is 0.250 e. The third kappa shape index (κ3) is 4.60. The summed E-state index contributed by atoms with van der Waals surface area (Å²) in [5.41, 5.74) is 1.84. The van der Waals surface area contributed by atoms with Crippen LogP contribution in [0.3, 0.4) is 0 Å². The molecular formula is C14H17FN2O2S2. The van der Waals surface area contributed by atoms with E-state index < -0.39 is 10.0 Å². The number of halogens is 1. The van der Waals surface area contributed by atoms with E-state index in [1.165, 1.54) is 23.5 Å². The normalized spacial score (nSPS) is 11.7. The smallest absolute Gasteiger partial charge is 0.250 e. The zero-order chi connectivity index (χ0) is 15.3. The molecule has 0 aliphatic rings. The summed E-state index contributed by atoms with van der Waals surface area (Å²) in [7, 11) is -1.66. The van der Waals surface area contributed by atoms with Crippen LogP contribution in [0, 0.1) is 5.82 Å². The number of sulfonamides is 1. The molecule has 0 bridgehead atoms. The van der Waals surface area contributed by atoms with Crippen molar-refractivity contribution < 1.29 is 12.8 Å². The molecule has 21 heavy (non-hydrogen) atoms. The van der Waals surface area contributed by atoms with E-state index >= 15 is 0 Å². The number of nitrogens with one attached hydrogen (secondary N) is 2. The third-order valence-electron chi connectivity index (χ3n) is 2.89. The largest absolute Gasteiger partial charge is 0.316 e. The van der Waals surface area contributed by atoms with E-state index in [4.69, 9.17) is 0 Å². The van der Waals surface area contributed by atoms with Crippen molar-refractivity contribution in [3.05, 3.63) is 52.7 Å². The van der Waals surface area contributed by atoms with Gasteiger partial charge in [0.15, 0.2) is 0 Å². The predicted octanol–water partition coefficient (Wildman–Crippen LogP) is 2.13. The van der Waals surface area contributed by atoms with Gasteiger partial charge in [0.25, 0.3) is 0 Å². The summed E-state index contributed by atoms with van der Waals surface area (Å²) in [6, 6.07) is 7.71. The van der Waals surface area contributed by atoms with Gasteiger partial charge >= 0.3 is 0 Å². The van der Waals surface area contributed by atoms with Gasteiger partial charge in [-0.1, -0.05) is 12.1 Å². The minimum atomic E-state index is -3.47. The molecule has 0 unspecified atom stereocenters. The fraction of sp³-hybridized carbons (Fsp3) is 0.286. The van der Waals surface area contributed by atoms with Gasteiger partial charge in [-0.25, -0.2) is 17.5 Å². The molecule has 2 N–H and O–H groups in total. The highest BCUT2D eigenvalue weighted by molar-refractivity contribution is 7.91. The molecule has 1 aromatic carbocycles. The monoisotopic (exact) mass is 328 g/mol. The average Bonchev–Trinajstić information content (AvgIpc) is 2.91. The topological polar surface area (TPSA) is 58.2 Å². The van der Waals surface area contributed by atoms with Crippen LogP contribution in [-0.2, 0) is 23.0 Å². The molecule has 2 rings (SSSR count). The molecule has 7 heteroatoms. The summed E-state index contributed by atoms with van der Waals surface area (Å²) in [5.74, 6) is -0.296. The van der Waals surface area contributed by atoms with E-state index in [1.807, 2.05) is 12.4 Å². The van der Waals surface area contributed by atoms with Gasteiger partial charge in [-0.2, -0.15) is 0 Å². The Labute approximate surface area is 128 Å². The van der Waals surface area contributed by atoms with Gasteiger partial charge in [0.2, 0.25) is 10.0 Å². The van der Waals surface area contributed by atoms with Crippen LogP contribution in [0.25, 0.3) is 0 Å². The summed E-state index contributed by atoms with van der Waals surface area (Å²) in [5, 5.41) is 4.80. The fourth-order valence-corrected chi connectivity index (χ4v) is 4.13. The van der Waals surface area contributed by atoms with Gasteiger partial charge in [0.1, 0.15) is 10.0 Å². The molecule has 0 atom stereocenters. The molecule has 1 aromatic heterocycles. The SMILES string of the molecule is CNCc1csc(S(=O)(=O)NCCc2ccc(F)cc2)c1. The van der Waals surface area contributed by atoms with Crippen molar-refractivity contribution in [3.8, 4) is 0 Å². The summed E-state index contributed by atoms with van der Waals surface area (Å²) in [4.78, 5) is 0. The Morgan fingerprint density at radius 2 is 1.90 bits per heavy atom. The Morgan fingerprint density at radius 1 is 1.19 bits per heavy atom. The summed E-state index contributed by atoms with van der Waals surface area (Å²) < 4.78 is 39.9. The van der Waals surface area contributed by atoms with Gasteiger partial charge in [-0.15, -0.1) is 11.3 Å². The van der Waals surface area contributed by atoms with E-state index in [0.29, 0.717) is 17.2 Å². The van der Waals surface area contributed by atoms with Gasteiger partial charge in [0, 0.05) is 13.1 Å². The second-order valence-electron chi connectivity index (χ2n) is 4.58. The van der Waals surface area contributed by atoms with Crippen LogP contribution in [0.5, 0.6) is 0 Å². The highest BCUT2D eigenvalue weighted by Crippen LogP contribution is 2.19. The van der Waals surface area contributed by atoms with E-state index in [9.17, 15) is 12.8 Å². The number of hydrogen-bond donors (Lipinski definition) is 2. The zero-order valence-corrected chi connectivity index (χ0v) is 13.2. The van der Waals surface area contributed by atoms with Crippen LogP contribution in [-0.4, -0.2) is 22.0 Å². The quantitative estimate of drug-likeness (QED) is 0.818. The van der Waals surface area contributed by atoms with Crippen LogP contribution < -0.4 is 10.0 Å². The summed E-state index contributed by atoms with van der Waals surface area (Å²) >= 11 is 1.20. The molecule has 0 saturated heterocycles. The van der Waals surface area contributed by atoms with Crippen LogP contribution in [0.2, 0.25) is 0 Å². The van der Waals surface area contributed by atoms with Crippen LogP contribution >= 0.6 is 11.3 Å². The first-order chi connectivity index (χ1) is 10.0. The molecule has 0 amide bonds. The molecular weight excluding hydrogens is 311 g/mol. The van der Waals surface area contributed by atoms with Crippen LogP contribution in [0.4, 0.5) is 4.39 Å². The van der Waals surface area contributed by atoms with Crippen molar-refractivity contribution in [2.45, 2.75) is 17.2 Å². The third-order valence-corrected chi connectivity index (χ3v) is 5.84. The molecule has 2 aromatic rings. The maximum absolute atomic E-state index is 12.8. The fourth-order valence-electron chi connectivity index (χ4n) is 1.84. The first kappa shape index (κ1) is 16.1. The van der Waals surface area contributed by atoms with Crippen molar-refractivity contribution in [3.63, 3.8) is 0 Å². The first-order valence-corrected chi connectivity index (χ1v) is 8.83. The zero-order valence-electron chi connectivity index (χ0n) is 11.6. The number of hydrogen-bond acceptors (Lipinski definition) is 4. The predicted molar refractivity (Wildman–Crippen MR) is 82.4 cm³/mol. The second kappa shape index (κ2) is 7.13. The molecule has 0 aliphatic carbocycles. The van der Waals surface area contributed by atoms with E-state index in [1.54, 1.807) is 18.2 Å². The Morgan fingerprint density at radius 3 is 2.57 bits per heavy atom. The standard InChI is InChI=1S/C14H17FN2O2S2/c1-16-9-12-8-14(20-10-12)21(18,19)17-7-6-11-2-4-13(15)5-3-11/h2-5,8,10,16-17H,6-7,9H2,1H3. The van der Waals surface area contributed by atoms with Gasteiger partial charge < -0.3 is 5.32 Å². The van der Waals surface area contributed by atoms with E-state index in [2.05, 4.69) is 10.0 Å². The number of benzene rings is 1. The minimum Gasteiger partial charge on any atom is -0.316 e. The van der Waals surface area contributed by atoms with Crippen molar-refractivity contribution in [1.29, 1.82) is 0 Å². The minimum absolute atomic E-state index is 0.285. The Bertz CT molecular complexity index is 681. The Balaban J connectivity index is 1.92. The Hall–Kier alpha value is -1.28. The second-order valence-corrected chi connectivity index (χ2v) is 7.48. The first-order valence-electron chi connectivity index (χ1n) is 6.47. The molecule has 0 aliphatic heterocycles. The molecule has 0 spiro atoms. The Kier molecular flexibility index (Phi) is 5.46. The molecule has 0 fully saturated rings. The molecule has 114 valence electrons. The molecule has 4 nitrogen and oxygen atoms in total. The highest BCUT2D eigenvalue weighted by atomic mass is 32.2. The lowest BCUT2D eigenvalue weighted by molar-refractivity contribution is 0.583. The average molecular weight is 328 g/mol. The summed E-state index contributed by atoms with van der Waals surface area (Å²) in [6.07, 6.45) is 0.522. The van der Waals surface area contributed by atoms with Crippen LogP contribution in [0.15, 0.2) is 39.9 Å². The maximum atomic E-state index is 12.8. The van der Waals surface area contributed by atoms with Crippen molar-refractivity contribution in [2.24, 2.45) is 0 Å². The lowest BCUT2D eigenvalue weighted by atomic mass is 10.1. The van der Waals surface area contributed by atoms with Crippen molar-refractivity contribution in [1.82, 2.24) is 10.0 Å². The van der Waals surface area contributed by atoms with Crippen LogP contribution in [0.1, 0.15) is 11.1 Å². The number of rotatable bonds is 7.